The van der Waals surface area contributed by atoms with Crippen LogP contribution >= 0.6 is 39.0 Å². The number of aromatic nitrogens is 1. The fourth-order valence-corrected chi connectivity index (χ4v) is 4.45. The third kappa shape index (κ3) is 2.57. The first-order chi connectivity index (χ1) is 10.7. The molecule has 1 N–H and O–H groups in total. The Morgan fingerprint density at radius 3 is 2.91 bits per heavy atom. The average molecular weight is 393 g/mol. The van der Waals surface area contributed by atoms with E-state index in [2.05, 4.69) is 50.1 Å². The van der Waals surface area contributed by atoms with E-state index in [1.165, 1.54) is 0 Å². The molecular formula is C15H13BrN4S2. The zero-order valence-corrected chi connectivity index (χ0v) is 15.0. The van der Waals surface area contributed by atoms with Crippen LogP contribution in [0, 0.1) is 0 Å². The molecule has 0 spiro atoms. The zero-order valence-electron chi connectivity index (χ0n) is 11.7. The predicted molar refractivity (Wildman–Crippen MR) is 97.7 cm³/mol. The molecule has 1 aromatic heterocycles. The van der Waals surface area contributed by atoms with Crippen LogP contribution in [0.5, 0.6) is 0 Å². The van der Waals surface area contributed by atoms with Gasteiger partial charge in [-0.05, 0) is 36.6 Å². The summed E-state index contributed by atoms with van der Waals surface area (Å²) in [5, 5.41) is 9.54. The van der Waals surface area contributed by atoms with Crippen molar-refractivity contribution in [3.8, 4) is 0 Å². The lowest BCUT2D eigenvalue weighted by Gasteiger charge is -2.21. The lowest BCUT2D eigenvalue weighted by molar-refractivity contribution is 0.402. The Morgan fingerprint density at radius 1 is 1.27 bits per heavy atom. The molecule has 0 saturated carbocycles. The van der Waals surface area contributed by atoms with Crippen molar-refractivity contribution in [2.75, 3.05) is 5.32 Å². The average Bonchev–Trinajstić information content (AvgIpc) is 3.17. The molecular weight excluding hydrogens is 380 g/mol. The number of fused-ring (bicyclic) bond motifs is 1. The molecule has 4 rings (SSSR count). The van der Waals surface area contributed by atoms with Gasteiger partial charge in [-0.2, -0.15) is 0 Å². The van der Waals surface area contributed by atoms with E-state index in [4.69, 9.17) is 9.98 Å². The van der Waals surface area contributed by atoms with Gasteiger partial charge in [0.05, 0.1) is 11.7 Å². The minimum atomic E-state index is 0.206. The second kappa shape index (κ2) is 5.72. The Balaban J connectivity index is 1.54. The fourth-order valence-electron chi connectivity index (χ4n) is 2.59. The molecule has 2 aliphatic rings. The Bertz CT molecular complexity index is 753. The predicted octanol–water partition coefficient (Wildman–Crippen LogP) is 4.97. The van der Waals surface area contributed by atoms with Crippen LogP contribution in [-0.4, -0.2) is 21.1 Å². The van der Waals surface area contributed by atoms with Gasteiger partial charge in [-0.25, -0.2) is 4.98 Å². The zero-order chi connectivity index (χ0) is 15.1. The summed E-state index contributed by atoms with van der Waals surface area (Å²) in [6.45, 7) is 2.14. The van der Waals surface area contributed by atoms with Crippen molar-refractivity contribution in [3.63, 3.8) is 0 Å². The van der Waals surface area contributed by atoms with Crippen LogP contribution in [0.1, 0.15) is 18.7 Å². The Labute approximate surface area is 145 Å². The highest BCUT2D eigenvalue weighted by Crippen LogP contribution is 2.40. The minimum Gasteiger partial charge on any atom is -0.332 e. The standard InChI is InChI=1S/C15H13BrN4S2/c1-9-13(20-6-7-21-15(20)17-9)12-8-22-14(19-12)18-11-4-2-10(16)3-5-11/h2-9,13H,1H3,(H,18,19). The molecule has 2 atom stereocenters. The number of anilines is 2. The molecule has 22 heavy (non-hydrogen) atoms. The fraction of sp³-hybridized carbons (Fsp3) is 0.200. The quantitative estimate of drug-likeness (QED) is 0.800. The van der Waals surface area contributed by atoms with Gasteiger partial charge in [-0.15, -0.1) is 11.3 Å². The number of nitrogens with one attached hydrogen (secondary N) is 1. The summed E-state index contributed by atoms with van der Waals surface area (Å²) in [6.07, 6.45) is 2.10. The summed E-state index contributed by atoms with van der Waals surface area (Å²) in [5.74, 6) is 0. The van der Waals surface area contributed by atoms with Crippen molar-refractivity contribution in [1.82, 2.24) is 9.88 Å². The molecule has 2 unspecified atom stereocenters. The maximum Gasteiger partial charge on any atom is 0.187 e. The van der Waals surface area contributed by atoms with Crippen molar-refractivity contribution in [3.05, 3.63) is 51.4 Å². The van der Waals surface area contributed by atoms with E-state index in [9.17, 15) is 0 Å². The van der Waals surface area contributed by atoms with Gasteiger partial charge in [0.25, 0.3) is 0 Å². The van der Waals surface area contributed by atoms with Crippen molar-refractivity contribution in [2.45, 2.75) is 19.0 Å². The molecule has 0 bridgehead atoms. The SMILES string of the molecule is CC1N=C2SC=CN2C1c1csc(Nc2ccc(Br)cc2)n1. The molecule has 0 saturated heterocycles. The van der Waals surface area contributed by atoms with Crippen molar-refractivity contribution in [1.29, 1.82) is 0 Å². The second-order valence-electron chi connectivity index (χ2n) is 5.12. The first kappa shape index (κ1) is 14.3. The van der Waals surface area contributed by atoms with Crippen LogP contribution in [-0.2, 0) is 0 Å². The molecule has 0 aliphatic carbocycles. The lowest BCUT2D eigenvalue weighted by Crippen LogP contribution is -2.24. The number of amidine groups is 1. The Morgan fingerprint density at radius 2 is 2.09 bits per heavy atom. The van der Waals surface area contributed by atoms with Gasteiger partial charge in [0.15, 0.2) is 10.3 Å². The maximum absolute atomic E-state index is 4.76. The van der Waals surface area contributed by atoms with Crippen LogP contribution in [0.3, 0.4) is 0 Å². The number of thioether (sulfide) groups is 1. The second-order valence-corrected chi connectivity index (χ2v) is 7.76. The highest BCUT2D eigenvalue weighted by molar-refractivity contribution is 9.10. The topological polar surface area (TPSA) is 40.5 Å². The van der Waals surface area contributed by atoms with E-state index < -0.39 is 0 Å². The van der Waals surface area contributed by atoms with E-state index in [1.807, 2.05) is 24.3 Å². The Hall–Kier alpha value is -1.31. The monoisotopic (exact) mass is 392 g/mol. The van der Waals surface area contributed by atoms with Gasteiger partial charge in [-0.1, -0.05) is 27.7 Å². The van der Waals surface area contributed by atoms with Crippen LogP contribution < -0.4 is 5.32 Å². The van der Waals surface area contributed by atoms with E-state index in [0.717, 1.165) is 26.2 Å². The Kier molecular flexibility index (Phi) is 3.71. The first-order valence-corrected chi connectivity index (χ1v) is 9.43. The molecule has 0 amide bonds. The van der Waals surface area contributed by atoms with Gasteiger partial charge < -0.3 is 10.2 Å². The number of thiazole rings is 1. The highest BCUT2D eigenvalue weighted by Gasteiger charge is 2.37. The van der Waals surface area contributed by atoms with Crippen molar-refractivity contribution >= 4 is 55.0 Å². The number of halogens is 1. The molecule has 3 heterocycles. The van der Waals surface area contributed by atoms with Gasteiger partial charge in [0.1, 0.15) is 6.04 Å². The molecule has 112 valence electrons. The number of benzene rings is 1. The van der Waals surface area contributed by atoms with E-state index in [1.54, 1.807) is 23.1 Å². The van der Waals surface area contributed by atoms with Crippen molar-refractivity contribution < 1.29 is 0 Å². The number of rotatable bonds is 3. The summed E-state index contributed by atoms with van der Waals surface area (Å²) in [6, 6.07) is 8.53. The number of hydrogen-bond donors (Lipinski definition) is 1. The minimum absolute atomic E-state index is 0.206. The molecule has 7 heteroatoms. The van der Waals surface area contributed by atoms with Crippen LogP contribution in [0.4, 0.5) is 10.8 Å². The summed E-state index contributed by atoms with van der Waals surface area (Å²) < 4.78 is 1.07. The molecule has 0 radical (unpaired) electrons. The highest BCUT2D eigenvalue weighted by atomic mass is 79.9. The number of nitrogens with zero attached hydrogens (tertiary/aromatic N) is 3. The smallest absolute Gasteiger partial charge is 0.187 e. The summed E-state index contributed by atoms with van der Waals surface area (Å²) >= 11 is 6.75. The molecule has 2 aromatic rings. The number of aliphatic imine (C=N–C) groups is 1. The van der Waals surface area contributed by atoms with E-state index in [-0.39, 0.29) is 12.1 Å². The molecule has 0 fully saturated rings. The van der Waals surface area contributed by atoms with Crippen molar-refractivity contribution in [2.24, 2.45) is 4.99 Å². The third-order valence-electron chi connectivity index (χ3n) is 3.61. The molecule has 4 nitrogen and oxygen atoms in total. The summed E-state index contributed by atoms with van der Waals surface area (Å²) in [4.78, 5) is 11.7. The van der Waals surface area contributed by atoms with Crippen LogP contribution in [0.15, 0.2) is 50.7 Å². The van der Waals surface area contributed by atoms with Gasteiger partial charge >= 0.3 is 0 Å². The van der Waals surface area contributed by atoms with Gasteiger partial charge in [0, 0.05) is 21.7 Å². The maximum atomic E-state index is 4.76. The molecule has 1 aromatic carbocycles. The van der Waals surface area contributed by atoms with E-state index >= 15 is 0 Å². The van der Waals surface area contributed by atoms with E-state index in [0.29, 0.717) is 0 Å². The largest absolute Gasteiger partial charge is 0.332 e. The third-order valence-corrected chi connectivity index (χ3v) is 5.70. The first-order valence-electron chi connectivity index (χ1n) is 6.88. The van der Waals surface area contributed by atoms with Gasteiger partial charge in [-0.3, -0.25) is 4.99 Å². The van der Waals surface area contributed by atoms with Gasteiger partial charge in [0.2, 0.25) is 0 Å². The normalized spacial score (nSPS) is 22.8. The van der Waals surface area contributed by atoms with Crippen LogP contribution in [0.2, 0.25) is 0 Å². The lowest BCUT2D eigenvalue weighted by atomic mass is 10.1. The summed E-state index contributed by atoms with van der Waals surface area (Å²) in [5.41, 5.74) is 2.11. The summed E-state index contributed by atoms with van der Waals surface area (Å²) in [7, 11) is 0. The molecule has 2 aliphatic heterocycles. The number of hydrogen-bond acceptors (Lipinski definition) is 6. The van der Waals surface area contributed by atoms with Crippen LogP contribution in [0.25, 0.3) is 0 Å².